The molecule has 1 aliphatic carbocycles. The highest BCUT2D eigenvalue weighted by Crippen LogP contribution is 2.38. The van der Waals surface area contributed by atoms with E-state index >= 15 is 0 Å². The summed E-state index contributed by atoms with van der Waals surface area (Å²) < 4.78 is 2.01. The van der Waals surface area contributed by atoms with Gasteiger partial charge in [0.15, 0.2) is 5.82 Å². The lowest BCUT2D eigenvalue weighted by atomic mass is 9.79. The van der Waals surface area contributed by atoms with Crippen LogP contribution >= 0.6 is 0 Å². The van der Waals surface area contributed by atoms with Crippen LogP contribution in [0.5, 0.6) is 0 Å². The zero-order valence-electron chi connectivity index (χ0n) is 20.3. The number of aryl methyl sites for hydroxylation is 1. The fourth-order valence-corrected chi connectivity index (χ4v) is 5.51. The quantitative estimate of drug-likeness (QED) is 0.452. The molecule has 0 fully saturated rings. The van der Waals surface area contributed by atoms with E-state index in [0.717, 1.165) is 23.4 Å². The van der Waals surface area contributed by atoms with E-state index in [1.165, 1.54) is 0 Å². The number of nitrogens with zero attached hydrogens (tertiary/aromatic N) is 5. The molecule has 4 atom stereocenters. The topological polar surface area (TPSA) is 148 Å². The summed E-state index contributed by atoms with van der Waals surface area (Å²) in [6.07, 6.45) is 5.17. The maximum absolute atomic E-state index is 13.6. The predicted octanol–water partition coefficient (Wildman–Crippen LogP) is 1.26. The molecule has 0 spiro atoms. The van der Waals surface area contributed by atoms with Crippen molar-refractivity contribution in [1.82, 2.24) is 40.8 Å². The second-order valence-electron chi connectivity index (χ2n) is 9.90. The van der Waals surface area contributed by atoms with Crippen LogP contribution in [0.15, 0.2) is 36.7 Å². The Morgan fingerprint density at radius 1 is 1.25 bits per heavy atom. The third-order valence-corrected chi connectivity index (χ3v) is 7.19. The third-order valence-electron chi connectivity index (χ3n) is 7.19. The highest BCUT2D eigenvalue weighted by molar-refractivity contribution is 5.93. The number of H-pyrrole nitrogens is 1. The molecule has 3 unspecified atom stereocenters. The predicted molar refractivity (Wildman–Crippen MR) is 128 cm³/mol. The minimum atomic E-state index is -0.528. The summed E-state index contributed by atoms with van der Waals surface area (Å²) in [5.41, 5.74) is 2.75. The summed E-state index contributed by atoms with van der Waals surface area (Å²) >= 11 is 0. The van der Waals surface area contributed by atoms with Crippen LogP contribution < -0.4 is 10.6 Å². The molecule has 0 aromatic carbocycles. The van der Waals surface area contributed by atoms with Gasteiger partial charge in [0.2, 0.25) is 11.8 Å². The molecule has 2 amide bonds. The average Bonchev–Trinajstić information content (AvgIpc) is 3.49. The lowest BCUT2D eigenvalue weighted by molar-refractivity contribution is -0.131. The highest BCUT2D eigenvalue weighted by Gasteiger charge is 2.43. The second-order valence-corrected chi connectivity index (χ2v) is 9.90. The molecular formula is C25H30N8O3. The number of carbonyl (C=O) groups excluding carboxylic acids is 3. The molecule has 188 valence electrons. The van der Waals surface area contributed by atoms with E-state index in [1.54, 1.807) is 6.20 Å². The Labute approximate surface area is 208 Å². The Hall–Kier alpha value is -3.89. The molecule has 2 aliphatic rings. The van der Waals surface area contributed by atoms with E-state index in [9.17, 15) is 14.4 Å². The van der Waals surface area contributed by atoms with Crippen molar-refractivity contribution in [2.24, 2.45) is 11.8 Å². The maximum Gasteiger partial charge on any atom is 0.229 e. The van der Waals surface area contributed by atoms with E-state index < -0.39 is 17.8 Å². The Balaban J connectivity index is 1.35. The standard InChI is InChI=1S/C25H30N8O3/c1-14(2)21(17-5-3-4-9-26-17)25(36)28-18-7-6-15-8-10-33-13-16(11-19(34)22(18)23(15)33)24(35)27-12-20-29-31-32-30-20/h3-5,8-10,14,16,18,21-22H,6-7,11-13H2,1-2H3,(H,27,35)(H,28,36)(H,29,30,31,32)/t16?,18?,21-,22?/m1/s1. The van der Waals surface area contributed by atoms with Gasteiger partial charge in [-0.3, -0.25) is 19.4 Å². The van der Waals surface area contributed by atoms with Crippen molar-refractivity contribution < 1.29 is 14.4 Å². The largest absolute Gasteiger partial charge is 0.352 e. The molecule has 3 aromatic rings. The van der Waals surface area contributed by atoms with Crippen LogP contribution in [0.4, 0.5) is 0 Å². The number of hydrogen-bond donors (Lipinski definition) is 3. The second kappa shape index (κ2) is 10.00. The number of pyridine rings is 1. The summed E-state index contributed by atoms with van der Waals surface area (Å²) in [6, 6.07) is 7.26. The Morgan fingerprint density at radius 3 is 2.83 bits per heavy atom. The lowest BCUT2D eigenvalue weighted by Gasteiger charge is -2.33. The molecule has 0 bridgehead atoms. The van der Waals surface area contributed by atoms with Crippen molar-refractivity contribution in [2.75, 3.05) is 0 Å². The summed E-state index contributed by atoms with van der Waals surface area (Å²) in [5.74, 6) is -1.40. The molecule has 3 aromatic heterocycles. The number of hydrogen-bond acceptors (Lipinski definition) is 7. The molecule has 3 N–H and O–H groups in total. The SMILES string of the molecule is CC(C)[C@@H](C(=O)NC1CCc2ccn3c2C1C(=O)CC(C(=O)NCc1nn[nH]n1)C3)c1ccccn1. The van der Waals surface area contributed by atoms with E-state index in [-0.39, 0.29) is 42.5 Å². The lowest BCUT2D eigenvalue weighted by Crippen LogP contribution is -2.47. The van der Waals surface area contributed by atoms with Crippen LogP contribution in [0.1, 0.15) is 61.3 Å². The summed E-state index contributed by atoms with van der Waals surface area (Å²) in [4.78, 5) is 44.5. The van der Waals surface area contributed by atoms with Crippen LogP contribution in [-0.2, 0) is 33.9 Å². The smallest absolute Gasteiger partial charge is 0.229 e. The number of nitrogens with one attached hydrogen (secondary N) is 3. The highest BCUT2D eigenvalue weighted by atomic mass is 16.2. The minimum Gasteiger partial charge on any atom is -0.352 e. The number of amides is 2. The number of carbonyl (C=O) groups is 3. The van der Waals surface area contributed by atoms with Gasteiger partial charge in [-0.15, -0.1) is 10.2 Å². The van der Waals surface area contributed by atoms with Crippen LogP contribution in [0.2, 0.25) is 0 Å². The number of tetrazole rings is 1. The van der Waals surface area contributed by atoms with Gasteiger partial charge >= 0.3 is 0 Å². The van der Waals surface area contributed by atoms with Crippen LogP contribution in [-0.4, -0.2) is 53.8 Å². The van der Waals surface area contributed by atoms with E-state index in [2.05, 4.69) is 36.2 Å². The van der Waals surface area contributed by atoms with Gasteiger partial charge in [0, 0.05) is 37.1 Å². The van der Waals surface area contributed by atoms with Gasteiger partial charge in [-0.25, -0.2) is 0 Å². The molecule has 36 heavy (non-hydrogen) atoms. The first-order valence-electron chi connectivity index (χ1n) is 12.3. The van der Waals surface area contributed by atoms with Crippen molar-refractivity contribution in [3.8, 4) is 0 Å². The number of ketones is 1. The van der Waals surface area contributed by atoms with Crippen molar-refractivity contribution >= 4 is 17.6 Å². The Kier molecular flexibility index (Phi) is 6.62. The molecule has 0 saturated carbocycles. The normalized spacial score (nSPS) is 22.0. The van der Waals surface area contributed by atoms with Gasteiger partial charge in [-0.1, -0.05) is 25.1 Å². The van der Waals surface area contributed by atoms with E-state index in [1.807, 2.05) is 48.9 Å². The van der Waals surface area contributed by atoms with Crippen LogP contribution in [0.25, 0.3) is 0 Å². The first-order valence-corrected chi connectivity index (χ1v) is 12.3. The molecule has 11 heteroatoms. The van der Waals surface area contributed by atoms with Gasteiger partial charge in [0.05, 0.1) is 30.0 Å². The molecule has 0 saturated heterocycles. The van der Waals surface area contributed by atoms with Gasteiger partial charge in [0.1, 0.15) is 5.78 Å². The zero-order chi connectivity index (χ0) is 25.2. The average molecular weight is 491 g/mol. The third kappa shape index (κ3) is 4.65. The van der Waals surface area contributed by atoms with Gasteiger partial charge in [-0.05, 0) is 42.5 Å². The van der Waals surface area contributed by atoms with E-state index in [0.29, 0.717) is 18.8 Å². The first-order chi connectivity index (χ1) is 17.4. The van der Waals surface area contributed by atoms with Crippen LogP contribution in [0.3, 0.4) is 0 Å². The fraction of sp³-hybridized carbons (Fsp3) is 0.480. The van der Waals surface area contributed by atoms with Gasteiger partial charge < -0.3 is 15.2 Å². The number of Topliss-reactive ketones (excluding diaryl/α,β-unsaturated/α-hetero) is 1. The molecular weight excluding hydrogens is 460 g/mol. The summed E-state index contributed by atoms with van der Waals surface area (Å²) in [7, 11) is 0. The number of aromatic nitrogens is 6. The summed E-state index contributed by atoms with van der Waals surface area (Å²) in [6.45, 7) is 4.53. The molecule has 0 radical (unpaired) electrons. The number of aromatic amines is 1. The monoisotopic (exact) mass is 490 g/mol. The first kappa shape index (κ1) is 23.8. The summed E-state index contributed by atoms with van der Waals surface area (Å²) in [5, 5.41) is 19.5. The zero-order valence-corrected chi connectivity index (χ0v) is 20.3. The van der Waals surface area contributed by atoms with Crippen molar-refractivity contribution in [3.63, 3.8) is 0 Å². The Bertz CT molecular complexity index is 1240. The van der Waals surface area contributed by atoms with Crippen molar-refractivity contribution in [1.29, 1.82) is 0 Å². The van der Waals surface area contributed by atoms with Gasteiger partial charge in [-0.2, -0.15) is 5.21 Å². The molecule has 4 heterocycles. The maximum atomic E-state index is 13.6. The molecule has 5 rings (SSSR count). The van der Waals surface area contributed by atoms with Crippen molar-refractivity contribution in [3.05, 3.63) is 59.4 Å². The van der Waals surface area contributed by atoms with E-state index in [4.69, 9.17) is 0 Å². The minimum absolute atomic E-state index is 0.0302. The Morgan fingerprint density at radius 2 is 2.11 bits per heavy atom. The fourth-order valence-electron chi connectivity index (χ4n) is 5.51. The van der Waals surface area contributed by atoms with Crippen molar-refractivity contribution in [2.45, 2.75) is 64.1 Å². The molecule has 1 aliphatic heterocycles. The number of rotatable bonds is 7. The molecule has 11 nitrogen and oxygen atoms in total. The van der Waals surface area contributed by atoms with Gasteiger partial charge in [0.25, 0.3) is 0 Å². The van der Waals surface area contributed by atoms with Crippen LogP contribution in [0, 0.1) is 11.8 Å².